The number of hydrogen-bond acceptors (Lipinski definition) is 4. The molecule has 5 rings (SSSR count). The number of benzene rings is 1. The van der Waals surface area contributed by atoms with E-state index in [1.165, 1.54) is 4.90 Å². The van der Waals surface area contributed by atoms with Crippen LogP contribution in [0.4, 0.5) is 10.5 Å². The van der Waals surface area contributed by atoms with Crippen LogP contribution in [0.15, 0.2) is 55.1 Å². The van der Waals surface area contributed by atoms with E-state index in [4.69, 9.17) is 11.6 Å². The number of aryl methyl sites for hydroxylation is 1. The normalized spacial score (nSPS) is 23.4. The summed E-state index contributed by atoms with van der Waals surface area (Å²) >= 11 is 6.31. The molecular formula is C21H18ClN5O2. The van der Waals surface area contributed by atoms with E-state index in [-0.39, 0.29) is 11.8 Å². The lowest BCUT2D eigenvalue weighted by molar-refractivity contribution is -0.125. The van der Waals surface area contributed by atoms with E-state index >= 15 is 0 Å². The number of imide groups is 1. The van der Waals surface area contributed by atoms with Crippen LogP contribution >= 0.6 is 11.6 Å². The minimum absolute atomic E-state index is 0.139. The Morgan fingerprint density at radius 3 is 2.69 bits per heavy atom. The van der Waals surface area contributed by atoms with E-state index in [1.54, 1.807) is 29.3 Å². The van der Waals surface area contributed by atoms with Crippen LogP contribution in [-0.4, -0.2) is 32.2 Å². The standard InChI is InChI=1S/C21H18ClN5O2/c1-26-12-14(10-24-26)16-6-7-23-11-18(16)27-19(28)21(25-20(27)29)8-13(9-21)15-4-2-3-5-17(15)22/h2-7,10-13H,8-9H2,1H3,(H,25,29). The molecule has 0 radical (unpaired) electrons. The maximum Gasteiger partial charge on any atom is 0.329 e. The average molecular weight is 408 g/mol. The highest BCUT2D eigenvalue weighted by Crippen LogP contribution is 2.50. The molecule has 7 nitrogen and oxygen atoms in total. The second kappa shape index (κ2) is 6.42. The SMILES string of the molecule is Cn1cc(-c2ccncc2N2C(=O)NC3(CC(c4ccccc4Cl)C3)C2=O)cn1. The van der Waals surface area contributed by atoms with Crippen molar-refractivity contribution in [1.82, 2.24) is 20.1 Å². The van der Waals surface area contributed by atoms with Crippen LogP contribution < -0.4 is 10.2 Å². The van der Waals surface area contributed by atoms with Crippen LogP contribution in [-0.2, 0) is 11.8 Å². The van der Waals surface area contributed by atoms with E-state index in [0.717, 1.165) is 16.7 Å². The first-order valence-corrected chi connectivity index (χ1v) is 9.70. The highest BCUT2D eigenvalue weighted by Gasteiger charge is 2.59. The first-order chi connectivity index (χ1) is 14.0. The van der Waals surface area contributed by atoms with Crippen molar-refractivity contribution >= 4 is 29.2 Å². The molecule has 1 aromatic carbocycles. The Morgan fingerprint density at radius 1 is 1.17 bits per heavy atom. The lowest BCUT2D eigenvalue weighted by Crippen LogP contribution is -2.56. The van der Waals surface area contributed by atoms with Crippen molar-refractivity contribution in [3.05, 3.63) is 65.7 Å². The number of hydrogen-bond donors (Lipinski definition) is 1. The van der Waals surface area contributed by atoms with Gasteiger partial charge in [-0.05, 0) is 36.5 Å². The van der Waals surface area contributed by atoms with Crippen molar-refractivity contribution in [2.24, 2.45) is 7.05 Å². The number of nitrogens with zero attached hydrogens (tertiary/aromatic N) is 4. The Balaban J connectivity index is 1.46. The molecule has 146 valence electrons. The third-order valence-electron chi connectivity index (χ3n) is 5.75. The molecule has 1 aliphatic heterocycles. The topological polar surface area (TPSA) is 80.1 Å². The van der Waals surface area contributed by atoms with Gasteiger partial charge in [0.15, 0.2) is 0 Å². The summed E-state index contributed by atoms with van der Waals surface area (Å²) in [6, 6.07) is 8.99. The third-order valence-corrected chi connectivity index (χ3v) is 6.10. The van der Waals surface area contributed by atoms with E-state index < -0.39 is 11.6 Å². The predicted octanol–water partition coefficient (Wildman–Crippen LogP) is 3.51. The van der Waals surface area contributed by atoms with Crippen LogP contribution in [0.25, 0.3) is 11.1 Å². The molecule has 3 heterocycles. The van der Waals surface area contributed by atoms with Crippen LogP contribution in [0.5, 0.6) is 0 Å². The first kappa shape index (κ1) is 17.9. The molecule has 29 heavy (non-hydrogen) atoms. The summed E-state index contributed by atoms with van der Waals surface area (Å²) in [6.07, 6.45) is 7.77. The number of urea groups is 1. The maximum absolute atomic E-state index is 13.3. The summed E-state index contributed by atoms with van der Waals surface area (Å²) in [5.41, 5.74) is 2.13. The van der Waals surface area contributed by atoms with Gasteiger partial charge in [-0.15, -0.1) is 0 Å². The van der Waals surface area contributed by atoms with Gasteiger partial charge in [-0.1, -0.05) is 29.8 Å². The molecule has 0 unspecified atom stereocenters. The number of halogens is 1. The van der Waals surface area contributed by atoms with Gasteiger partial charge in [0.2, 0.25) is 0 Å². The Kier molecular flexibility index (Phi) is 3.96. The number of anilines is 1. The molecule has 3 aromatic rings. The number of aromatic nitrogens is 3. The fourth-order valence-corrected chi connectivity index (χ4v) is 4.58. The Morgan fingerprint density at radius 2 is 1.97 bits per heavy atom. The van der Waals surface area contributed by atoms with Gasteiger partial charge in [0.05, 0.1) is 18.1 Å². The molecular weight excluding hydrogens is 390 g/mol. The summed E-state index contributed by atoms with van der Waals surface area (Å²) in [5.74, 6) is -0.108. The van der Waals surface area contributed by atoms with Gasteiger partial charge in [0.1, 0.15) is 5.54 Å². The molecule has 8 heteroatoms. The van der Waals surface area contributed by atoms with Crippen molar-refractivity contribution in [3.8, 4) is 11.1 Å². The zero-order valence-electron chi connectivity index (χ0n) is 15.7. The highest BCUT2D eigenvalue weighted by atomic mass is 35.5. The molecule has 1 saturated heterocycles. The summed E-state index contributed by atoms with van der Waals surface area (Å²) in [6.45, 7) is 0. The predicted molar refractivity (Wildman–Crippen MR) is 109 cm³/mol. The lowest BCUT2D eigenvalue weighted by Gasteiger charge is -2.43. The van der Waals surface area contributed by atoms with Crippen LogP contribution in [0.1, 0.15) is 24.3 Å². The van der Waals surface area contributed by atoms with Gasteiger partial charge < -0.3 is 5.32 Å². The second-order valence-corrected chi connectivity index (χ2v) is 7.98. The number of carbonyl (C=O) groups is 2. The minimum Gasteiger partial charge on any atom is -0.323 e. The Hall–Kier alpha value is -3.19. The summed E-state index contributed by atoms with van der Waals surface area (Å²) in [5, 5.41) is 7.79. The molecule has 3 amide bonds. The summed E-state index contributed by atoms with van der Waals surface area (Å²) < 4.78 is 1.67. The summed E-state index contributed by atoms with van der Waals surface area (Å²) in [4.78, 5) is 31.5. The first-order valence-electron chi connectivity index (χ1n) is 9.33. The Bertz CT molecular complexity index is 1140. The van der Waals surface area contributed by atoms with Gasteiger partial charge in [0, 0.05) is 35.6 Å². The molecule has 2 aromatic heterocycles. The van der Waals surface area contributed by atoms with Crippen LogP contribution in [0.2, 0.25) is 5.02 Å². The molecule has 0 bridgehead atoms. The van der Waals surface area contributed by atoms with E-state index in [1.807, 2.05) is 37.5 Å². The minimum atomic E-state index is -0.886. The van der Waals surface area contributed by atoms with Crippen molar-refractivity contribution < 1.29 is 9.59 Å². The molecule has 2 fully saturated rings. The molecule has 2 aliphatic rings. The largest absolute Gasteiger partial charge is 0.329 e. The summed E-state index contributed by atoms with van der Waals surface area (Å²) in [7, 11) is 1.82. The molecule has 1 aliphatic carbocycles. The van der Waals surface area contributed by atoms with E-state index in [2.05, 4.69) is 15.4 Å². The average Bonchev–Trinajstić information content (AvgIpc) is 3.22. The lowest BCUT2D eigenvalue weighted by atomic mass is 9.65. The monoisotopic (exact) mass is 407 g/mol. The van der Waals surface area contributed by atoms with Crippen LogP contribution in [0.3, 0.4) is 0 Å². The van der Waals surface area contributed by atoms with E-state index in [0.29, 0.717) is 23.6 Å². The zero-order chi connectivity index (χ0) is 20.2. The van der Waals surface area contributed by atoms with Crippen molar-refractivity contribution in [2.75, 3.05) is 4.90 Å². The molecule has 0 atom stereocenters. The zero-order valence-corrected chi connectivity index (χ0v) is 16.4. The third kappa shape index (κ3) is 2.73. The number of carbonyl (C=O) groups excluding carboxylic acids is 2. The van der Waals surface area contributed by atoms with Gasteiger partial charge in [-0.25, -0.2) is 9.69 Å². The van der Waals surface area contributed by atoms with Crippen LogP contribution in [0, 0.1) is 0 Å². The van der Waals surface area contributed by atoms with Crippen molar-refractivity contribution in [3.63, 3.8) is 0 Å². The molecule has 1 N–H and O–H groups in total. The van der Waals surface area contributed by atoms with Gasteiger partial charge in [0.25, 0.3) is 5.91 Å². The smallest absolute Gasteiger partial charge is 0.323 e. The number of pyridine rings is 1. The second-order valence-electron chi connectivity index (χ2n) is 7.58. The van der Waals surface area contributed by atoms with E-state index in [9.17, 15) is 9.59 Å². The quantitative estimate of drug-likeness (QED) is 0.674. The molecule has 1 saturated carbocycles. The molecule has 1 spiro atoms. The maximum atomic E-state index is 13.3. The van der Waals surface area contributed by atoms with Gasteiger partial charge in [-0.3, -0.25) is 14.5 Å². The Labute approximate surface area is 172 Å². The van der Waals surface area contributed by atoms with Gasteiger partial charge >= 0.3 is 6.03 Å². The van der Waals surface area contributed by atoms with Crippen molar-refractivity contribution in [2.45, 2.75) is 24.3 Å². The highest BCUT2D eigenvalue weighted by molar-refractivity contribution is 6.31. The number of amides is 3. The van der Waals surface area contributed by atoms with Crippen molar-refractivity contribution in [1.29, 1.82) is 0 Å². The number of nitrogens with one attached hydrogen (secondary N) is 1. The fraction of sp³-hybridized carbons (Fsp3) is 0.238. The van der Waals surface area contributed by atoms with Gasteiger partial charge in [-0.2, -0.15) is 5.10 Å². The fourth-order valence-electron chi connectivity index (χ4n) is 4.29. The number of rotatable bonds is 3.